The molecule has 0 fully saturated rings. The number of hydrogen-bond donors (Lipinski definition) is 0. The van der Waals surface area contributed by atoms with E-state index in [0.717, 1.165) is 28.8 Å². The van der Waals surface area contributed by atoms with Crippen LogP contribution in [-0.4, -0.2) is 14.6 Å². The van der Waals surface area contributed by atoms with Gasteiger partial charge >= 0.3 is 0 Å². The van der Waals surface area contributed by atoms with Crippen LogP contribution in [0.2, 0.25) is 0 Å². The summed E-state index contributed by atoms with van der Waals surface area (Å²) < 4.78 is 2.76. The van der Waals surface area contributed by atoms with Gasteiger partial charge in [-0.3, -0.25) is 0 Å². The van der Waals surface area contributed by atoms with Crippen molar-refractivity contribution in [3.05, 3.63) is 64.1 Å². The lowest BCUT2D eigenvalue weighted by Gasteiger charge is -2.01. The molecule has 0 aliphatic carbocycles. The second-order valence-corrected chi connectivity index (χ2v) is 5.38. The van der Waals surface area contributed by atoms with Gasteiger partial charge in [-0.2, -0.15) is 5.10 Å². The molecule has 0 aliphatic rings. The summed E-state index contributed by atoms with van der Waals surface area (Å²) >= 11 is 3.48. The maximum atomic E-state index is 4.54. The van der Waals surface area contributed by atoms with Gasteiger partial charge < -0.3 is 0 Å². The van der Waals surface area contributed by atoms with E-state index in [-0.39, 0.29) is 0 Å². The number of fused-ring (bicyclic) bond motifs is 1. The summed E-state index contributed by atoms with van der Waals surface area (Å²) in [6.07, 6.45) is 3.64. The van der Waals surface area contributed by atoms with Crippen LogP contribution in [-0.2, 0) is 12.8 Å². The fraction of sp³-hybridized carbons (Fsp3) is 0.200. The standard InChI is InChI=1S/C15H14BrN3/c1-11-4-6-12(7-5-11)8-9-14-18-15(16)13-3-2-10-17-19(13)14/h2-7,10H,8-9H2,1H3. The molecule has 0 saturated carbocycles. The summed E-state index contributed by atoms with van der Waals surface area (Å²) in [6, 6.07) is 12.6. The molecule has 3 rings (SSSR count). The summed E-state index contributed by atoms with van der Waals surface area (Å²) in [4.78, 5) is 4.54. The van der Waals surface area contributed by atoms with Gasteiger partial charge in [0.1, 0.15) is 10.4 Å². The van der Waals surface area contributed by atoms with E-state index in [4.69, 9.17) is 0 Å². The van der Waals surface area contributed by atoms with Crippen LogP contribution in [0.25, 0.3) is 5.52 Å². The molecule has 3 nitrogen and oxygen atoms in total. The third-order valence-electron chi connectivity index (χ3n) is 3.19. The predicted octanol–water partition coefficient (Wildman–Crippen LogP) is 3.59. The SMILES string of the molecule is Cc1ccc(CCc2nc(Br)c3cccnn23)cc1. The van der Waals surface area contributed by atoms with E-state index in [1.54, 1.807) is 6.20 Å². The fourth-order valence-corrected chi connectivity index (χ4v) is 2.63. The molecule has 0 unspecified atom stereocenters. The zero-order chi connectivity index (χ0) is 13.2. The quantitative estimate of drug-likeness (QED) is 0.739. The second-order valence-electron chi connectivity index (χ2n) is 4.63. The van der Waals surface area contributed by atoms with Gasteiger partial charge in [0.25, 0.3) is 0 Å². The van der Waals surface area contributed by atoms with Gasteiger partial charge in [0.15, 0.2) is 0 Å². The van der Waals surface area contributed by atoms with Crippen molar-refractivity contribution in [1.29, 1.82) is 0 Å². The Morgan fingerprint density at radius 1 is 1.11 bits per heavy atom. The van der Waals surface area contributed by atoms with Gasteiger partial charge in [-0.05, 0) is 47.0 Å². The first-order valence-corrected chi connectivity index (χ1v) is 7.07. The molecule has 0 N–H and O–H groups in total. The highest BCUT2D eigenvalue weighted by atomic mass is 79.9. The van der Waals surface area contributed by atoms with Crippen LogP contribution >= 0.6 is 15.9 Å². The molecule has 0 amide bonds. The van der Waals surface area contributed by atoms with Crippen LogP contribution in [0.4, 0.5) is 0 Å². The lowest BCUT2D eigenvalue weighted by molar-refractivity contribution is 0.788. The van der Waals surface area contributed by atoms with Crippen LogP contribution in [0.15, 0.2) is 47.2 Å². The Morgan fingerprint density at radius 3 is 2.68 bits per heavy atom. The van der Waals surface area contributed by atoms with Gasteiger partial charge in [0, 0.05) is 12.6 Å². The molecule has 4 heteroatoms. The number of benzene rings is 1. The molecule has 0 atom stereocenters. The van der Waals surface area contributed by atoms with E-state index in [1.807, 2.05) is 16.6 Å². The number of aryl methyl sites for hydroxylation is 3. The number of rotatable bonds is 3. The van der Waals surface area contributed by atoms with Crippen molar-refractivity contribution < 1.29 is 0 Å². The van der Waals surface area contributed by atoms with Gasteiger partial charge in [0.05, 0.1) is 5.52 Å². The number of hydrogen-bond acceptors (Lipinski definition) is 2. The first-order valence-electron chi connectivity index (χ1n) is 6.28. The number of imidazole rings is 1. The van der Waals surface area contributed by atoms with Crippen molar-refractivity contribution in [3.63, 3.8) is 0 Å². The molecule has 2 heterocycles. The highest BCUT2D eigenvalue weighted by Gasteiger charge is 2.09. The smallest absolute Gasteiger partial charge is 0.134 e. The minimum Gasteiger partial charge on any atom is -0.224 e. The normalized spacial score (nSPS) is 11.1. The number of nitrogens with zero attached hydrogens (tertiary/aromatic N) is 3. The van der Waals surface area contributed by atoms with Crippen LogP contribution in [0.5, 0.6) is 0 Å². The predicted molar refractivity (Wildman–Crippen MR) is 79.3 cm³/mol. The molecule has 0 saturated heterocycles. The summed E-state index contributed by atoms with van der Waals surface area (Å²) in [5.74, 6) is 0.989. The minimum atomic E-state index is 0.861. The molecule has 19 heavy (non-hydrogen) atoms. The van der Waals surface area contributed by atoms with Crippen molar-refractivity contribution in [1.82, 2.24) is 14.6 Å². The van der Waals surface area contributed by atoms with Crippen molar-refractivity contribution in [2.24, 2.45) is 0 Å². The summed E-state index contributed by atoms with van der Waals surface area (Å²) in [7, 11) is 0. The molecule has 96 valence electrons. The summed E-state index contributed by atoms with van der Waals surface area (Å²) in [5.41, 5.74) is 3.63. The first kappa shape index (κ1) is 12.4. The topological polar surface area (TPSA) is 30.2 Å². The van der Waals surface area contributed by atoms with Gasteiger partial charge in [0.2, 0.25) is 0 Å². The maximum Gasteiger partial charge on any atom is 0.134 e. The lowest BCUT2D eigenvalue weighted by atomic mass is 10.1. The number of aromatic nitrogens is 3. The second kappa shape index (κ2) is 5.13. The monoisotopic (exact) mass is 315 g/mol. The van der Waals surface area contributed by atoms with Crippen LogP contribution < -0.4 is 0 Å². The third-order valence-corrected chi connectivity index (χ3v) is 3.77. The molecule has 0 spiro atoms. The Hall–Kier alpha value is -1.68. The van der Waals surface area contributed by atoms with E-state index < -0.39 is 0 Å². The fourth-order valence-electron chi connectivity index (χ4n) is 2.12. The van der Waals surface area contributed by atoms with E-state index >= 15 is 0 Å². The van der Waals surface area contributed by atoms with E-state index in [9.17, 15) is 0 Å². The average Bonchev–Trinajstić information content (AvgIpc) is 2.76. The van der Waals surface area contributed by atoms with Crippen molar-refractivity contribution in [2.75, 3.05) is 0 Å². The molecule has 3 aromatic rings. The van der Waals surface area contributed by atoms with Crippen molar-refractivity contribution in [2.45, 2.75) is 19.8 Å². The van der Waals surface area contributed by atoms with Crippen LogP contribution in [0, 0.1) is 6.92 Å². The Bertz CT molecular complexity index is 701. The molecular formula is C15H14BrN3. The first-order chi connectivity index (χ1) is 9.24. The van der Waals surface area contributed by atoms with E-state index in [0.29, 0.717) is 0 Å². The number of halogens is 1. The van der Waals surface area contributed by atoms with Crippen LogP contribution in [0.1, 0.15) is 17.0 Å². The Kier molecular flexibility index (Phi) is 3.34. The van der Waals surface area contributed by atoms with Crippen LogP contribution in [0.3, 0.4) is 0 Å². The van der Waals surface area contributed by atoms with Crippen molar-refractivity contribution >= 4 is 21.4 Å². The zero-order valence-corrected chi connectivity index (χ0v) is 12.3. The molecule has 0 radical (unpaired) electrons. The summed E-state index contributed by atoms with van der Waals surface area (Å²) in [6.45, 7) is 2.10. The third kappa shape index (κ3) is 2.54. The highest BCUT2D eigenvalue weighted by molar-refractivity contribution is 9.10. The average molecular weight is 316 g/mol. The van der Waals surface area contributed by atoms with Gasteiger partial charge in [-0.1, -0.05) is 29.8 Å². The molecular weight excluding hydrogens is 302 g/mol. The minimum absolute atomic E-state index is 0.861. The van der Waals surface area contributed by atoms with Gasteiger partial charge in [-0.15, -0.1) is 0 Å². The molecule has 1 aromatic carbocycles. The lowest BCUT2D eigenvalue weighted by Crippen LogP contribution is -2.00. The van der Waals surface area contributed by atoms with E-state index in [1.165, 1.54) is 11.1 Å². The largest absolute Gasteiger partial charge is 0.224 e. The Morgan fingerprint density at radius 2 is 1.89 bits per heavy atom. The zero-order valence-electron chi connectivity index (χ0n) is 10.7. The Balaban J connectivity index is 1.84. The maximum absolute atomic E-state index is 4.54. The van der Waals surface area contributed by atoms with E-state index in [2.05, 4.69) is 57.2 Å². The molecule has 0 aliphatic heterocycles. The van der Waals surface area contributed by atoms with Gasteiger partial charge in [-0.25, -0.2) is 9.50 Å². The molecule has 2 aromatic heterocycles. The molecule has 0 bridgehead atoms. The summed E-state index contributed by atoms with van der Waals surface area (Å²) in [5, 5.41) is 4.35. The Labute approximate surface area is 120 Å². The highest BCUT2D eigenvalue weighted by Crippen LogP contribution is 2.18. The van der Waals surface area contributed by atoms with Crippen molar-refractivity contribution in [3.8, 4) is 0 Å².